The number of benzene rings is 1. The Balaban J connectivity index is 2.02. The zero-order valence-electron chi connectivity index (χ0n) is 11.4. The Hall–Kier alpha value is -1.39. The van der Waals surface area contributed by atoms with Gasteiger partial charge in [0.15, 0.2) is 5.78 Å². The van der Waals surface area contributed by atoms with E-state index in [1.54, 1.807) is 24.3 Å². The molecule has 1 saturated carbocycles. The second-order valence-electron chi connectivity index (χ2n) is 4.98. The summed E-state index contributed by atoms with van der Waals surface area (Å²) in [5.74, 6) is -0.297. The van der Waals surface area contributed by atoms with Crippen molar-refractivity contribution in [3.05, 3.63) is 34.9 Å². The van der Waals surface area contributed by atoms with Crippen LogP contribution < -0.4 is 5.32 Å². The average molecular weight is 296 g/mol. The van der Waals surface area contributed by atoms with Crippen LogP contribution in [0.4, 0.5) is 0 Å². The van der Waals surface area contributed by atoms with Gasteiger partial charge in [-0.05, 0) is 43.5 Å². The fraction of sp³-hybridized carbons (Fsp3) is 0.467. The smallest absolute Gasteiger partial charge is 0.305 e. The zero-order valence-corrected chi connectivity index (χ0v) is 12.2. The number of nitrogens with one attached hydrogen (secondary N) is 1. The van der Waals surface area contributed by atoms with Crippen LogP contribution in [0.3, 0.4) is 0 Å². The van der Waals surface area contributed by atoms with E-state index < -0.39 is 0 Å². The van der Waals surface area contributed by atoms with Crippen molar-refractivity contribution in [3.8, 4) is 0 Å². The maximum absolute atomic E-state index is 12.5. The van der Waals surface area contributed by atoms with E-state index in [1.165, 1.54) is 7.11 Å². The van der Waals surface area contributed by atoms with Crippen LogP contribution in [-0.2, 0) is 9.53 Å². The molecule has 4 nitrogen and oxygen atoms in total. The van der Waals surface area contributed by atoms with Gasteiger partial charge in [0.25, 0.3) is 0 Å². The molecule has 0 saturated heterocycles. The summed E-state index contributed by atoms with van der Waals surface area (Å²) in [6, 6.07) is 6.87. The fourth-order valence-corrected chi connectivity index (χ4v) is 2.13. The highest BCUT2D eigenvalue weighted by Gasteiger charge is 2.29. The van der Waals surface area contributed by atoms with Crippen LogP contribution in [0.2, 0.25) is 5.02 Å². The minimum Gasteiger partial charge on any atom is -0.469 e. The third kappa shape index (κ3) is 4.32. The van der Waals surface area contributed by atoms with Crippen molar-refractivity contribution in [2.45, 2.75) is 37.8 Å². The van der Waals surface area contributed by atoms with Gasteiger partial charge in [-0.25, -0.2) is 0 Å². The number of ether oxygens (including phenoxy) is 1. The largest absolute Gasteiger partial charge is 0.469 e. The van der Waals surface area contributed by atoms with Crippen molar-refractivity contribution < 1.29 is 14.3 Å². The van der Waals surface area contributed by atoms with Crippen LogP contribution in [0.1, 0.15) is 36.0 Å². The van der Waals surface area contributed by atoms with Crippen molar-refractivity contribution >= 4 is 23.4 Å². The predicted octanol–water partition coefficient (Wildman–Crippen LogP) is 2.60. The van der Waals surface area contributed by atoms with Gasteiger partial charge in [-0.2, -0.15) is 0 Å². The fourth-order valence-electron chi connectivity index (χ4n) is 2.00. The Labute approximate surface area is 123 Å². The quantitative estimate of drug-likeness (QED) is 0.620. The molecule has 2 rings (SSSR count). The molecular weight excluding hydrogens is 278 g/mol. The second kappa shape index (κ2) is 6.86. The minimum atomic E-state index is -0.345. The van der Waals surface area contributed by atoms with Gasteiger partial charge < -0.3 is 10.1 Å². The first-order chi connectivity index (χ1) is 9.60. The molecule has 1 aromatic carbocycles. The Morgan fingerprint density at radius 3 is 2.55 bits per heavy atom. The van der Waals surface area contributed by atoms with E-state index in [4.69, 9.17) is 11.6 Å². The molecule has 1 unspecified atom stereocenters. The van der Waals surface area contributed by atoms with Crippen LogP contribution in [0.15, 0.2) is 24.3 Å². The molecule has 0 aliphatic heterocycles. The zero-order chi connectivity index (χ0) is 14.5. The molecule has 0 aromatic heterocycles. The number of methoxy groups -OCH3 is 1. The second-order valence-corrected chi connectivity index (χ2v) is 5.42. The highest BCUT2D eigenvalue weighted by molar-refractivity contribution is 6.30. The van der Waals surface area contributed by atoms with Gasteiger partial charge in [-0.1, -0.05) is 11.6 Å². The number of rotatable bonds is 7. The van der Waals surface area contributed by atoms with Crippen LogP contribution in [0, 0.1) is 0 Å². The Bertz CT molecular complexity index is 482. The number of hydrogen-bond donors (Lipinski definition) is 1. The molecule has 1 atom stereocenters. The van der Waals surface area contributed by atoms with Crippen molar-refractivity contribution in [2.24, 2.45) is 0 Å². The predicted molar refractivity (Wildman–Crippen MR) is 77.0 cm³/mol. The lowest BCUT2D eigenvalue weighted by Gasteiger charge is -2.17. The number of carbonyl (C=O) groups excluding carboxylic acids is 2. The summed E-state index contributed by atoms with van der Waals surface area (Å²) < 4.78 is 4.63. The molecule has 1 fully saturated rings. The first-order valence-electron chi connectivity index (χ1n) is 6.73. The van der Waals surface area contributed by atoms with Crippen molar-refractivity contribution in [1.29, 1.82) is 0 Å². The van der Waals surface area contributed by atoms with E-state index in [0.717, 1.165) is 12.8 Å². The van der Waals surface area contributed by atoms with Crippen LogP contribution in [0.5, 0.6) is 0 Å². The SMILES string of the molecule is COC(=O)CCC(NC1CC1)C(=O)c1ccc(Cl)cc1. The van der Waals surface area contributed by atoms with Crippen molar-refractivity contribution in [2.75, 3.05) is 7.11 Å². The highest BCUT2D eigenvalue weighted by atomic mass is 35.5. The van der Waals surface area contributed by atoms with Gasteiger partial charge in [0.2, 0.25) is 0 Å². The lowest BCUT2D eigenvalue weighted by Crippen LogP contribution is -2.38. The average Bonchev–Trinajstić information content (AvgIpc) is 3.27. The molecule has 0 heterocycles. The summed E-state index contributed by atoms with van der Waals surface area (Å²) in [6.45, 7) is 0. The molecule has 0 spiro atoms. The first kappa shape index (κ1) is 15.0. The van der Waals surface area contributed by atoms with E-state index in [1.807, 2.05) is 0 Å². The van der Waals surface area contributed by atoms with E-state index in [2.05, 4.69) is 10.1 Å². The van der Waals surface area contributed by atoms with E-state index in [-0.39, 0.29) is 24.2 Å². The third-order valence-electron chi connectivity index (χ3n) is 3.32. The summed E-state index contributed by atoms with van der Waals surface area (Å²) in [5, 5.41) is 3.89. The molecule has 1 aliphatic carbocycles. The Morgan fingerprint density at radius 2 is 2.00 bits per heavy atom. The molecule has 0 bridgehead atoms. The number of halogens is 1. The van der Waals surface area contributed by atoms with E-state index in [9.17, 15) is 9.59 Å². The number of ketones is 1. The van der Waals surface area contributed by atoms with Gasteiger partial charge in [0, 0.05) is 23.0 Å². The lowest BCUT2D eigenvalue weighted by molar-refractivity contribution is -0.140. The number of Topliss-reactive ketones (excluding diaryl/α,β-unsaturated/α-hetero) is 1. The summed E-state index contributed by atoms with van der Waals surface area (Å²) >= 11 is 5.82. The summed E-state index contributed by atoms with van der Waals surface area (Å²) in [7, 11) is 1.35. The van der Waals surface area contributed by atoms with Crippen LogP contribution in [-0.4, -0.2) is 30.9 Å². The third-order valence-corrected chi connectivity index (χ3v) is 3.58. The van der Waals surface area contributed by atoms with Crippen molar-refractivity contribution in [1.82, 2.24) is 5.32 Å². The number of carbonyl (C=O) groups is 2. The molecular formula is C15H18ClNO3. The lowest BCUT2D eigenvalue weighted by atomic mass is 10.00. The Morgan fingerprint density at radius 1 is 1.35 bits per heavy atom. The summed E-state index contributed by atoms with van der Waals surface area (Å²) in [6.07, 6.45) is 2.86. The summed E-state index contributed by atoms with van der Waals surface area (Å²) in [5.41, 5.74) is 0.609. The number of hydrogen-bond acceptors (Lipinski definition) is 4. The maximum atomic E-state index is 12.5. The molecule has 0 amide bonds. The molecule has 1 aromatic rings. The van der Waals surface area contributed by atoms with Crippen molar-refractivity contribution in [3.63, 3.8) is 0 Å². The van der Waals surface area contributed by atoms with Gasteiger partial charge in [-0.15, -0.1) is 0 Å². The highest BCUT2D eigenvalue weighted by Crippen LogP contribution is 2.22. The first-order valence-corrected chi connectivity index (χ1v) is 7.10. The number of esters is 1. The molecule has 108 valence electrons. The topological polar surface area (TPSA) is 55.4 Å². The van der Waals surface area contributed by atoms with Gasteiger partial charge >= 0.3 is 5.97 Å². The molecule has 0 radical (unpaired) electrons. The maximum Gasteiger partial charge on any atom is 0.305 e. The van der Waals surface area contributed by atoms with Crippen LogP contribution >= 0.6 is 11.6 Å². The van der Waals surface area contributed by atoms with Gasteiger partial charge in [0.1, 0.15) is 0 Å². The Kier molecular flexibility index (Phi) is 5.15. The van der Waals surface area contributed by atoms with E-state index >= 15 is 0 Å². The monoisotopic (exact) mass is 295 g/mol. The molecule has 1 N–H and O–H groups in total. The minimum absolute atomic E-state index is 0.00234. The van der Waals surface area contributed by atoms with Crippen LogP contribution in [0.25, 0.3) is 0 Å². The summed E-state index contributed by atoms with van der Waals surface area (Å²) in [4.78, 5) is 23.7. The standard InChI is InChI=1S/C15H18ClNO3/c1-20-14(18)9-8-13(17-12-6-7-12)15(19)10-2-4-11(16)5-3-10/h2-5,12-13,17H,6-9H2,1H3. The van der Waals surface area contributed by atoms with E-state index in [0.29, 0.717) is 23.0 Å². The normalized spacial score (nSPS) is 15.7. The van der Waals surface area contributed by atoms with Gasteiger partial charge in [-0.3, -0.25) is 9.59 Å². The molecule has 5 heteroatoms. The molecule has 1 aliphatic rings. The molecule has 20 heavy (non-hydrogen) atoms. The van der Waals surface area contributed by atoms with Gasteiger partial charge in [0.05, 0.1) is 13.2 Å².